The normalized spacial score (nSPS) is 21.4. The van der Waals surface area contributed by atoms with E-state index in [4.69, 9.17) is 9.31 Å². The fraction of sp³-hybridized carbons (Fsp3) is 0.786. The molecule has 4 nitrogen and oxygen atoms in total. The van der Waals surface area contributed by atoms with Gasteiger partial charge in [-0.05, 0) is 41.5 Å². The Morgan fingerprint density at radius 1 is 1.14 bits per heavy atom. The Balaban J connectivity index is 2.14. The molecule has 1 fully saturated rings. The maximum atomic E-state index is 12.9. The molecule has 0 bridgehead atoms. The molecule has 0 aromatic carbocycles. The number of hydrogen-bond acceptors (Lipinski definition) is 3. The molecule has 0 N–H and O–H groups in total. The Morgan fingerprint density at radius 2 is 1.64 bits per heavy atom. The summed E-state index contributed by atoms with van der Waals surface area (Å²) in [5, 5.41) is 4.01. The van der Waals surface area contributed by atoms with E-state index in [9.17, 15) is 13.2 Å². The van der Waals surface area contributed by atoms with Gasteiger partial charge in [0.05, 0.1) is 23.2 Å². The molecule has 1 aromatic heterocycles. The lowest BCUT2D eigenvalue weighted by Gasteiger charge is -2.32. The Bertz CT molecular complexity index is 537. The van der Waals surface area contributed by atoms with Gasteiger partial charge in [0, 0.05) is 17.9 Å². The topological polar surface area (TPSA) is 36.3 Å². The van der Waals surface area contributed by atoms with Gasteiger partial charge in [0.1, 0.15) is 0 Å². The summed E-state index contributed by atoms with van der Waals surface area (Å²) < 4.78 is 51.8. The van der Waals surface area contributed by atoms with Crippen molar-refractivity contribution in [2.24, 2.45) is 5.41 Å². The van der Waals surface area contributed by atoms with Gasteiger partial charge >= 0.3 is 13.3 Å². The van der Waals surface area contributed by atoms with Crippen molar-refractivity contribution >= 4 is 12.6 Å². The molecule has 0 aliphatic carbocycles. The number of hydrogen-bond donors (Lipinski definition) is 0. The minimum atomic E-state index is -4.29. The minimum absolute atomic E-state index is 0.254. The molecule has 2 rings (SSSR count). The standard InChI is InChI=1S/C14H22BF3N2O2/c1-11(2,14(16,17)18)9-20-8-10(7-19-20)15-21-12(3,4)13(5,6)22-15/h7-8H,9H2,1-6H3. The van der Waals surface area contributed by atoms with Gasteiger partial charge in [-0.15, -0.1) is 0 Å². The van der Waals surface area contributed by atoms with Gasteiger partial charge < -0.3 is 9.31 Å². The van der Waals surface area contributed by atoms with Crippen LogP contribution in [-0.2, 0) is 15.9 Å². The minimum Gasteiger partial charge on any atom is -0.399 e. The van der Waals surface area contributed by atoms with Crippen molar-refractivity contribution in [1.29, 1.82) is 0 Å². The van der Waals surface area contributed by atoms with E-state index in [1.807, 2.05) is 27.7 Å². The summed E-state index contributed by atoms with van der Waals surface area (Å²) in [7, 11) is -0.618. The Kier molecular flexibility index (Phi) is 3.93. The van der Waals surface area contributed by atoms with Crippen molar-refractivity contribution < 1.29 is 22.5 Å². The molecule has 1 aromatic rings. The molecule has 2 heterocycles. The molecule has 0 radical (unpaired) electrons. The van der Waals surface area contributed by atoms with Gasteiger partial charge in [0.2, 0.25) is 0 Å². The summed E-state index contributed by atoms with van der Waals surface area (Å²) in [4.78, 5) is 0. The number of alkyl halides is 3. The molecule has 124 valence electrons. The molecule has 0 unspecified atom stereocenters. The van der Waals surface area contributed by atoms with Crippen LogP contribution < -0.4 is 5.46 Å². The van der Waals surface area contributed by atoms with Crippen LogP contribution in [0.4, 0.5) is 13.2 Å². The molecule has 0 atom stereocenters. The number of aromatic nitrogens is 2. The highest BCUT2D eigenvalue weighted by molar-refractivity contribution is 6.61. The molecule has 8 heteroatoms. The van der Waals surface area contributed by atoms with Crippen molar-refractivity contribution in [3.05, 3.63) is 12.4 Å². The predicted octanol–water partition coefficient (Wildman–Crippen LogP) is 2.77. The zero-order chi connectivity index (χ0) is 17.0. The summed E-state index contributed by atoms with van der Waals surface area (Å²) in [6.45, 7) is 9.74. The SMILES string of the molecule is CC(C)(Cn1cc(B2OC(C)(C)C(C)(C)O2)cn1)C(F)(F)F. The number of rotatable bonds is 3. The second kappa shape index (κ2) is 4.99. The van der Waals surface area contributed by atoms with E-state index in [2.05, 4.69) is 5.10 Å². The van der Waals surface area contributed by atoms with Gasteiger partial charge in [0.15, 0.2) is 0 Å². The maximum absolute atomic E-state index is 12.9. The Labute approximate surface area is 129 Å². The van der Waals surface area contributed by atoms with Crippen LogP contribution in [0.2, 0.25) is 0 Å². The molecule has 22 heavy (non-hydrogen) atoms. The third-order valence-corrected chi connectivity index (χ3v) is 4.50. The summed E-state index contributed by atoms with van der Waals surface area (Å²) in [5.74, 6) is 0. The van der Waals surface area contributed by atoms with E-state index in [1.54, 1.807) is 6.20 Å². The molecule has 0 spiro atoms. The maximum Gasteiger partial charge on any atom is 0.498 e. The average Bonchev–Trinajstić information content (AvgIpc) is 2.80. The molecular formula is C14H22BF3N2O2. The van der Waals surface area contributed by atoms with Crippen LogP contribution in [0.25, 0.3) is 0 Å². The van der Waals surface area contributed by atoms with Crippen molar-refractivity contribution in [2.75, 3.05) is 0 Å². The second-order valence-corrected chi connectivity index (χ2v) is 7.44. The van der Waals surface area contributed by atoms with Crippen LogP contribution in [0.5, 0.6) is 0 Å². The van der Waals surface area contributed by atoms with Crippen molar-refractivity contribution in [3.63, 3.8) is 0 Å². The lowest BCUT2D eigenvalue weighted by molar-refractivity contribution is -0.216. The van der Waals surface area contributed by atoms with Gasteiger partial charge in [-0.25, -0.2) is 0 Å². The van der Waals surface area contributed by atoms with Crippen LogP contribution in [0, 0.1) is 5.41 Å². The van der Waals surface area contributed by atoms with Crippen LogP contribution in [0.1, 0.15) is 41.5 Å². The largest absolute Gasteiger partial charge is 0.498 e. The first-order chi connectivity index (χ1) is 9.75. The van der Waals surface area contributed by atoms with E-state index in [0.717, 1.165) is 13.8 Å². The highest BCUT2D eigenvalue weighted by atomic mass is 19.4. The quantitative estimate of drug-likeness (QED) is 0.804. The first-order valence-electron chi connectivity index (χ1n) is 7.20. The first-order valence-corrected chi connectivity index (χ1v) is 7.20. The van der Waals surface area contributed by atoms with Gasteiger partial charge in [0.25, 0.3) is 0 Å². The van der Waals surface area contributed by atoms with Crippen molar-refractivity contribution in [1.82, 2.24) is 9.78 Å². The van der Waals surface area contributed by atoms with Crippen LogP contribution in [-0.4, -0.2) is 34.3 Å². The lowest BCUT2D eigenvalue weighted by Crippen LogP contribution is -2.41. The van der Waals surface area contributed by atoms with Crippen molar-refractivity contribution in [2.45, 2.75) is 65.5 Å². The molecule has 0 amide bonds. The average molecular weight is 318 g/mol. The van der Waals surface area contributed by atoms with Crippen LogP contribution in [0.3, 0.4) is 0 Å². The van der Waals surface area contributed by atoms with E-state index in [-0.39, 0.29) is 6.54 Å². The highest BCUT2D eigenvalue weighted by Gasteiger charge is 2.52. The second-order valence-electron chi connectivity index (χ2n) is 7.44. The molecule has 0 saturated carbocycles. The van der Waals surface area contributed by atoms with Gasteiger partial charge in [-0.1, -0.05) is 0 Å². The molecular weight excluding hydrogens is 296 g/mol. The van der Waals surface area contributed by atoms with E-state index >= 15 is 0 Å². The van der Waals surface area contributed by atoms with Crippen LogP contribution >= 0.6 is 0 Å². The van der Waals surface area contributed by atoms with Crippen LogP contribution in [0.15, 0.2) is 12.4 Å². The highest BCUT2D eigenvalue weighted by Crippen LogP contribution is 2.39. The summed E-state index contributed by atoms with van der Waals surface area (Å²) in [6.07, 6.45) is -1.24. The fourth-order valence-corrected chi connectivity index (χ4v) is 2.06. The van der Waals surface area contributed by atoms with Crippen molar-refractivity contribution in [3.8, 4) is 0 Å². The lowest BCUT2D eigenvalue weighted by atomic mass is 9.82. The summed E-state index contributed by atoms with van der Waals surface area (Å²) >= 11 is 0. The first kappa shape index (κ1) is 17.3. The molecule has 1 aliphatic heterocycles. The van der Waals surface area contributed by atoms with E-state index < -0.39 is 29.9 Å². The Hall–Kier alpha value is -1.02. The number of halogens is 3. The fourth-order valence-electron chi connectivity index (χ4n) is 2.06. The van der Waals surface area contributed by atoms with E-state index in [0.29, 0.717) is 5.46 Å². The summed E-state index contributed by atoms with van der Waals surface area (Å²) in [6, 6.07) is 0. The third kappa shape index (κ3) is 3.03. The monoisotopic (exact) mass is 318 g/mol. The smallest absolute Gasteiger partial charge is 0.399 e. The molecule has 1 aliphatic rings. The third-order valence-electron chi connectivity index (χ3n) is 4.50. The summed E-state index contributed by atoms with van der Waals surface area (Å²) in [5.41, 5.74) is -2.22. The van der Waals surface area contributed by atoms with Gasteiger partial charge in [-0.3, -0.25) is 4.68 Å². The molecule has 1 saturated heterocycles. The van der Waals surface area contributed by atoms with Gasteiger partial charge in [-0.2, -0.15) is 18.3 Å². The Morgan fingerprint density at radius 3 is 2.09 bits per heavy atom. The number of nitrogens with zero attached hydrogens (tertiary/aromatic N) is 2. The predicted molar refractivity (Wildman–Crippen MR) is 77.8 cm³/mol. The van der Waals surface area contributed by atoms with E-state index in [1.165, 1.54) is 10.9 Å². The zero-order valence-corrected chi connectivity index (χ0v) is 13.8. The zero-order valence-electron chi connectivity index (χ0n) is 13.8.